The van der Waals surface area contributed by atoms with E-state index in [1.807, 2.05) is 6.92 Å². The van der Waals surface area contributed by atoms with E-state index in [9.17, 15) is 29.1 Å². The van der Waals surface area contributed by atoms with Gasteiger partial charge in [-0.3, -0.25) is 4.79 Å². The average molecular weight is 654 g/mol. The number of rotatable bonds is 15. The molecule has 13 nitrogen and oxygen atoms in total. The highest BCUT2D eigenvalue weighted by Crippen LogP contribution is 2.34. The number of nitrogens with zero attached hydrogens (tertiary/aromatic N) is 1. The topological polar surface area (TPSA) is 179 Å². The summed E-state index contributed by atoms with van der Waals surface area (Å²) >= 11 is 0. The monoisotopic (exact) mass is 653 g/mol. The highest BCUT2D eigenvalue weighted by Gasteiger charge is 2.30. The van der Waals surface area contributed by atoms with Crippen molar-refractivity contribution in [3.05, 3.63) is 53.4 Å². The molecule has 1 heterocycles. The van der Waals surface area contributed by atoms with Gasteiger partial charge in [0.25, 0.3) is 5.91 Å². The van der Waals surface area contributed by atoms with E-state index in [-0.39, 0.29) is 40.6 Å². The third-order valence-electron chi connectivity index (χ3n) is 7.38. The number of hydrogen-bond acceptors (Lipinski definition) is 10. The lowest BCUT2D eigenvalue weighted by atomic mass is 9.95. The van der Waals surface area contributed by atoms with Crippen molar-refractivity contribution in [1.82, 2.24) is 15.6 Å². The normalized spacial score (nSPS) is 13.8. The minimum absolute atomic E-state index is 0.0658. The zero-order chi connectivity index (χ0) is 34.9. The van der Waals surface area contributed by atoms with Gasteiger partial charge in [-0.2, -0.15) is 0 Å². The zero-order valence-corrected chi connectivity index (χ0v) is 27.6. The van der Waals surface area contributed by atoms with Gasteiger partial charge in [0.2, 0.25) is 0 Å². The second-order valence-electron chi connectivity index (χ2n) is 12.2. The van der Waals surface area contributed by atoms with E-state index >= 15 is 0 Å². The molecule has 1 aliphatic rings. The third kappa shape index (κ3) is 10.3. The largest absolute Gasteiger partial charge is 0.496 e. The molecule has 0 bridgehead atoms. The first-order valence-electron chi connectivity index (χ1n) is 15.4. The van der Waals surface area contributed by atoms with Gasteiger partial charge in [0.15, 0.2) is 5.69 Å². The number of methoxy groups -OCH3 is 1. The summed E-state index contributed by atoms with van der Waals surface area (Å²) in [7, 11) is 1.41. The third-order valence-corrected chi connectivity index (χ3v) is 7.38. The van der Waals surface area contributed by atoms with Crippen LogP contribution in [0.25, 0.3) is 17.2 Å². The van der Waals surface area contributed by atoms with Crippen LogP contribution in [0.15, 0.2) is 30.8 Å². The van der Waals surface area contributed by atoms with Gasteiger partial charge in [-0.25, -0.2) is 24.2 Å². The molecule has 13 heteroatoms. The van der Waals surface area contributed by atoms with Crippen molar-refractivity contribution in [3.8, 4) is 16.9 Å². The van der Waals surface area contributed by atoms with Crippen LogP contribution in [0.3, 0.4) is 0 Å². The SMILES string of the molecule is C=Cc1cc(C(=O)O)c(-c2ccc(C(=O)NCC3CC3)nc2C(=O)OCCOC(=O)[C@@H](NC(=O)OC(C)(C)C)C(C)CC)cc1OC. The number of aromatic carboxylic acids is 1. The van der Waals surface area contributed by atoms with Gasteiger partial charge in [-0.05, 0) is 69.7 Å². The molecular formula is C34H43N3O10. The highest BCUT2D eigenvalue weighted by molar-refractivity contribution is 6.03. The molecular weight excluding hydrogens is 610 g/mol. The molecule has 2 atom stereocenters. The van der Waals surface area contributed by atoms with E-state index in [1.54, 1.807) is 27.7 Å². The summed E-state index contributed by atoms with van der Waals surface area (Å²) in [6.45, 7) is 12.1. The zero-order valence-electron chi connectivity index (χ0n) is 27.6. The standard InChI is InChI=1S/C34H43N3O10/c1-8-19(3)27(37-33(43)47-34(4,5)6)31(41)45-14-15-46-32(42)28-22(12-13-25(36-28)29(38)35-18-20-10-11-20)23-17-26(44-7)21(9-2)16-24(23)30(39)40/h9,12-13,16-17,19-20,27H,2,8,10-11,14-15,18H2,1,3-7H3,(H,35,38)(H,37,43)(H,39,40)/t19?,27-/m0/s1. The van der Waals surface area contributed by atoms with E-state index in [0.717, 1.165) is 12.8 Å². The molecule has 0 saturated heterocycles. The summed E-state index contributed by atoms with van der Waals surface area (Å²) in [5.74, 6) is -3.09. The van der Waals surface area contributed by atoms with Crippen molar-refractivity contribution in [2.75, 3.05) is 26.9 Å². The van der Waals surface area contributed by atoms with Gasteiger partial charge < -0.3 is 34.7 Å². The predicted octanol–water partition coefficient (Wildman–Crippen LogP) is 4.88. The number of esters is 2. The van der Waals surface area contributed by atoms with Gasteiger partial charge in [0.1, 0.15) is 36.3 Å². The summed E-state index contributed by atoms with van der Waals surface area (Å²) < 4.78 is 21.4. The van der Waals surface area contributed by atoms with Crippen LogP contribution < -0.4 is 15.4 Å². The first-order chi connectivity index (χ1) is 22.2. The van der Waals surface area contributed by atoms with Gasteiger partial charge in [-0.15, -0.1) is 0 Å². The van der Waals surface area contributed by atoms with Crippen molar-refractivity contribution in [3.63, 3.8) is 0 Å². The number of carboxylic acids is 1. The van der Waals surface area contributed by atoms with Crippen LogP contribution in [0, 0.1) is 11.8 Å². The molecule has 0 aliphatic heterocycles. The van der Waals surface area contributed by atoms with Crippen LogP contribution in [0.1, 0.15) is 90.8 Å². The molecule has 1 unspecified atom stereocenters. The number of carboxylic acid groups (broad SMARTS) is 1. The second kappa shape index (κ2) is 16.1. The average Bonchev–Trinajstić information content (AvgIpc) is 3.86. The Balaban J connectivity index is 1.84. The van der Waals surface area contributed by atoms with E-state index in [2.05, 4.69) is 22.2 Å². The lowest BCUT2D eigenvalue weighted by molar-refractivity contribution is -0.148. The van der Waals surface area contributed by atoms with Crippen LogP contribution >= 0.6 is 0 Å². The summed E-state index contributed by atoms with van der Waals surface area (Å²) in [5.41, 5.74) is -0.727. The maximum Gasteiger partial charge on any atom is 0.408 e. The minimum atomic E-state index is -1.28. The summed E-state index contributed by atoms with van der Waals surface area (Å²) in [6.07, 6.45) is 3.26. The molecule has 0 spiro atoms. The Morgan fingerprint density at radius 2 is 1.77 bits per heavy atom. The first-order valence-corrected chi connectivity index (χ1v) is 15.4. The van der Waals surface area contributed by atoms with Crippen LogP contribution in [-0.2, 0) is 19.0 Å². The quantitative estimate of drug-likeness (QED) is 0.136. The van der Waals surface area contributed by atoms with E-state index in [1.165, 1.54) is 37.5 Å². The van der Waals surface area contributed by atoms with Crippen molar-refractivity contribution in [2.24, 2.45) is 11.8 Å². The Labute approximate surface area is 274 Å². The highest BCUT2D eigenvalue weighted by atomic mass is 16.6. The molecule has 1 aliphatic carbocycles. The van der Waals surface area contributed by atoms with E-state index < -0.39 is 48.2 Å². The Morgan fingerprint density at radius 3 is 2.34 bits per heavy atom. The number of ether oxygens (including phenoxy) is 4. The molecule has 1 saturated carbocycles. The van der Waals surface area contributed by atoms with Gasteiger partial charge in [0, 0.05) is 23.2 Å². The van der Waals surface area contributed by atoms with Crippen LogP contribution in [0.4, 0.5) is 4.79 Å². The molecule has 1 aromatic carbocycles. The number of aromatic nitrogens is 1. The molecule has 254 valence electrons. The smallest absolute Gasteiger partial charge is 0.408 e. The Morgan fingerprint density at radius 1 is 1.09 bits per heavy atom. The number of benzene rings is 1. The molecule has 2 aromatic rings. The number of carbonyl (C=O) groups is 5. The van der Waals surface area contributed by atoms with E-state index in [4.69, 9.17) is 18.9 Å². The van der Waals surface area contributed by atoms with E-state index in [0.29, 0.717) is 30.2 Å². The molecule has 3 N–H and O–H groups in total. The molecule has 1 aromatic heterocycles. The van der Waals surface area contributed by atoms with Crippen molar-refractivity contribution < 1.29 is 48.0 Å². The second-order valence-corrected chi connectivity index (χ2v) is 12.2. The number of hydrogen-bond donors (Lipinski definition) is 3. The van der Waals surface area contributed by atoms with Crippen LogP contribution in [-0.4, -0.2) is 78.5 Å². The summed E-state index contributed by atoms with van der Waals surface area (Å²) in [4.78, 5) is 68.0. The lowest BCUT2D eigenvalue weighted by Gasteiger charge is -2.25. The molecule has 0 radical (unpaired) electrons. The Kier molecular flexibility index (Phi) is 12.5. The fraction of sp³-hybridized carbons (Fsp3) is 0.471. The first kappa shape index (κ1) is 36.5. The number of nitrogens with one attached hydrogen (secondary N) is 2. The van der Waals surface area contributed by atoms with Crippen LogP contribution in [0.5, 0.6) is 5.75 Å². The Hall–Kier alpha value is -4.94. The van der Waals surface area contributed by atoms with Crippen molar-refractivity contribution in [2.45, 2.75) is 65.5 Å². The maximum atomic E-state index is 13.4. The van der Waals surface area contributed by atoms with Crippen molar-refractivity contribution in [1.29, 1.82) is 0 Å². The maximum absolute atomic E-state index is 13.4. The predicted molar refractivity (Wildman–Crippen MR) is 172 cm³/mol. The van der Waals surface area contributed by atoms with Crippen LogP contribution in [0.2, 0.25) is 0 Å². The number of amides is 2. The summed E-state index contributed by atoms with van der Waals surface area (Å²) in [5, 5.41) is 15.3. The lowest BCUT2D eigenvalue weighted by Crippen LogP contribution is -2.47. The summed E-state index contributed by atoms with van der Waals surface area (Å²) in [6, 6.07) is 4.60. The Bertz CT molecular complexity index is 1510. The van der Waals surface area contributed by atoms with Crippen molar-refractivity contribution >= 4 is 36.0 Å². The fourth-order valence-electron chi connectivity index (χ4n) is 4.48. The fourth-order valence-corrected chi connectivity index (χ4v) is 4.48. The number of carbonyl (C=O) groups excluding carboxylic acids is 4. The van der Waals surface area contributed by atoms with Gasteiger partial charge in [0.05, 0.1) is 12.7 Å². The molecule has 3 rings (SSSR count). The molecule has 47 heavy (non-hydrogen) atoms. The number of pyridine rings is 1. The number of alkyl carbamates (subject to hydrolysis) is 1. The molecule has 2 amide bonds. The van der Waals surface area contributed by atoms with Gasteiger partial charge >= 0.3 is 24.0 Å². The molecule has 1 fully saturated rings. The van der Waals surface area contributed by atoms with Gasteiger partial charge in [-0.1, -0.05) is 32.9 Å². The minimum Gasteiger partial charge on any atom is -0.496 e.